The molecule has 0 aliphatic carbocycles. The molecule has 0 saturated carbocycles. The maximum absolute atomic E-state index is 14.7. The number of ether oxygens (including phenoxy) is 1. The molecule has 270 valence electrons. The Bertz CT molecular complexity index is 1700. The van der Waals surface area contributed by atoms with E-state index in [4.69, 9.17) is 4.74 Å². The van der Waals surface area contributed by atoms with E-state index >= 15 is 0 Å². The van der Waals surface area contributed by atoms with E-state index in [1.807, 2.05) is 0 Å². The second-order valence-electron chi connectivity index (χ2n) is 12.9. The van der Waals surface area contributed by atoms with Crippen molar-refractivity contribution in [3.05, 3.63) is 100 Å². The van der Waals surface area contributed by atoms with Gasteiger partial charge in [-0.1, -0.05) is 42.5 Å². The lowest BCUT2D eigenvalue weighted by molar-refractivity contribution is -0.392. The third-order valence-corrected chi connectivity index (χ3v) is 11.9. The van der Waals surface area contributed by atoms with E-state index in [0.29, 0.717) is 49.2 Å². The molecule has 0 radical (unpaired) electrons. The Hall–Kier alpha value is -3.78. The first-order valence-corrected chi connectivity index (χ1v) is 17.2. The lowest BCUT2D eigenvalue weighted by Gasteiger charge is -2.38. The molecule has 2 aliphatic rings. The second-order valence-corrected chi connectivity index (χ2v) is 14.7. The minimum atomic E-state index is -5.92. The Morgan fingerprint density at radius 1 is 0.840 bits per heavy atom. The molecule has 14 heteroatoms. The monoisotopic (exact) mass is 726 g/mol. The highest BCUT2D eigenvalue weighted by molar-refractivity contribution is 7.86. The number of hydrogen-bond donors (Lipinski definition) is 0. The molecule has 2 amide bonds. The Kier molecular flexibility index (Phi) is 10.6. The van der Waals surface area contributed by atoms with Crippen molar-refractivity contribution in [1.29, 1.82) is 0 Å². The average molecular weight is 727 g/mol. The van der Waals surface area contributed by atoms with Crippen LogP contribution in [0.1, 0.15) is 54.0 Å². The van der Waals surface area contributed by atoms with Crippen LogP contribution in [0, 0.1) is 25.6 Å². The van der Waals surface area contributed by atoms with Gasteiger partial charge >= 0.3 is 12.4 Å². The number of halogens is 7. The van der Waals surface area contributed by atoms with Gasteiger partial charge in [0.15, 0.2) is 0 Å². The molecule has 3 aromatic rings. The van der Waals surface area contributed by atoms with Crippen molar-refractivity contribution < 1.29 is 49.3 Å². The fourth-order valence-electron chi connectivity index (χ4n) is 6.95. The van der Waals surface area contributed by atoms with Crippen LogP contribution in [0.3, 0.4) is 0 Å². The molecule has 2 fully saturated rings. The minimum Gasteiger partial charge on any atom is -0.349 e. The number of carbonyl (C=O) groups is 2. The molecular formula is C36H37F7N2O4S. The fraction of sp³-hybridized carbons (Fsp3) is 0.444. The summed E-state index contributed by atoms with van der Waals surface area (Å²) in [5.41, 5.74) is -4.62. The number of piperidine rings is 1. The maximum atomic E-state index is 14.7. The molecule has 0 bridgehead atoms. The van der Waals surface area contributed by atoms with E-state index in [1.165, 1.54) is 24.0 Å². The number of benzene rings is 3. The third kappa shape index (κ3) is 6.92. The topological polar surface area (TPSA) is 66.9 Å². The predicted octanol–water partition coefficient (Wildman–Crippen LogP) is 7.47. The van der Waals surface area contributed by atoms with Gasteiger partial charge in [0.25, 0.3) is 5.60 Å². The van der Waals surface area contributed by atoms with Gasteiger partial charge in [0.1, 0.15) is 5.82 Å². The maximum Gasteiger partial charge on any atom is 0.430 e. The molecule has 1 unspecified atom stereocenters. The smallest absolute Gasteiger partial charge is 0.349 e. The first-order chi connectivity index (χ1) is 23.4. The molecule has 50 heavy (non-hydrogen) atoms. The molecule has 2 heterocycles. The van der Waals surface area contributed by atoms with E-state index < -0.39 is 57.4 Å². The van der Waals surface area contributed by atoms with Gasteiger partial charge in [-0.3, -0.25) is 13.8 Å². The molecule has 2 saturated heterocycles. The molecule has 2 atom stereocenters. The Morgan fingerprint density at radius 2 is 1.40 bits per heavy atom. The molecule has 2 aliphatic heterocycles. The fourth-order valence-corrected chi connectivity index (χ4v) is 8.68. The van der Waals surface area contributed by atoms with E-state index in [0.717, 1.165) is 24.3 Å². The summed E-state index contributed by atoms with van der Waals surface area (Å²) < 4.78 is 120. The lowest BCUT2D eigenvalue weighted by Crippen LogP contribution is -2.56. The van der Waals surface area contributed by atoms with Crippen molar-refractivity contribution in [1.82, 2.24) is 9.80 Å². The van der Waals surface area contributed by atoms with E-state index in [2.05, 4.69) is 0 Å². The number of nitrogens with zero attached hydrogens (tertiary/aromatic N) is 2. The van der Waals surface area contributed by atoms with Gasteiger partial charge < -0.3 is 14.5 Å². The average Bonchev–Trinajstić information content (AvgIpc) is 3.51. The zero-order valence-corrected chi connectivity index (χ0v) is 28.5. The summed E-state index contributed by atoms with van der Waals surface area (Å²) >= 11 is 0. The van der Waals surface area contributed by atoms with Crippen LogP contribution in [-0.2, 0) is 42.1 Å². The second kappa shape index (κ2) is 14.1. The van der Waals surface area contributed by atoms with Gasteiger partial charge in [-0.15, -0.1) is 0 Å². The normalized spacial score (nSPS) is 19.9. The van der Waals surface area contributed by atoms with E-state index in [9.17, 15) is 44.5 Å². The SMILES string of the molecule is CC(=O)N1CCC(C(=O)N2CC[C@](c3ccc(C(OCc4c(C)cccc4C)(C(F)(F)F)C(F)(F)F)cc3)(S(=O)c3ccc(F)cc3)C2)CC1. The lowest BCUT2D eigenvalue weighted by atomic mass is 9.88. The van der Waals surface area contributed by atoms with Crippen molar-refractivity contribution in [3.63, 3.8) is 0 Å². The summed E-state index contributed by atoms with van der Waals surface area (Å²) in [5.74, 6) is -1.36. The number of rotatable bonds is 8. The Balaban J connectivity index is 1.52. The number of aryl methyl sites for hydroxylation is 2. The Labute approximate surface area is 288 Å². The van der Waals surface area contributed by atoms with Crippen LogP contribution in [-0.4, -0.2) is 64.4 Å². The van der Waals surface area contributed by atoms with Gasteiger partial charge in [0.2, 0.25) is 11.8 Å². The quantitative estimate of drug-likeness (QED) is 0.226. The largest absolute Gasteiger partial charge is 0.430 e. The van der Waals surface area contributed by atoms with Gasteiger partial charge in [0, 0.05) is 49.5 Å². The third-order valence-electron chi connectivity index (χ3n) is 9.91. The molecule has 0 aromatic heterocycles. The standard InChI is InChI=1S/C36H37F7N2O4S/c1-23-5-4-6-24(2)31(23)21-49-34(35(38,39)40,36(41,42)43)28-9-7-27(8-10-28)33(50(48)30-13-11-29(37)12-14-30)17-20-45(22-33)32(47)26-15-18-44(19-16-26)25(3)46/h4-14,26H,15-22H2,1-3H3/t33-,50?/m0/s1. The van der Waals surface area contributed by atoms with Crippen LogP contribution in [0.5, 0.6) is 0 Å². The molecule has 0 N–H and O–H groups in total. The van der Waals surface area contributed by atoms with Gasteiger partial charge in [-0.2, -0.15) is 26.3 Å². The van der Waals surface area contributed by atoms with Gasteiger partial charge in [-0.05, 0) is 79.6 Å². The number of likely N-dealkylation sites (tertiary alicyclic amines) is 2. The minimum absolute atomic E-state index is 0.0705. The van der Waals surface area contributed by atoms with Crippen LogP contribution in [0.2, 0.25) is 0 Å². The van der Waals surface area contributed by atoms with Gasteiger partial charge in [0.05, 0.1) is 22.2 Å². The molecular weight excluding hydrogens is 689 g/mol. The van der Waals surface area contributed by atoms with E-state index in [1.54, 1.807) is 36.9 Å². The van der Waals surface area contributed by atoms with Crippen LogP contribution in [0.25, 0.3) is 0 Å². The van der Waals surface area contributed by atoms with Crippen molar-refractivity contribution in [2.45, 2.75) is 74.2 Å². The summed E-state index contributed by atoms with van der Waals surface area (Å²) in [4.78, 5) is 28.7. The van der Waals surface area contributed by atoms with Crippen LogP contribution >= 0.6 is 0 Å². The van der Waals surface area contributed by atoms with Crippen LogP contribution in [0.4, 0.5) is 30.7 Å². The highest BCUT2D eigenvalue weighted by Crippen LogP contribution is 2.54. The number of alkyl halides is 6. The zero-order valence-electron chi connectivity index (χ0n) is 27.7. The number of carbonyl (C=O) groups excluding carboxylic acids is 2. The summed E-state index contributed by atoms with van der Waals surface area (Å²) in [6, 6.07) is 13.1. The number of amides is 2. The summed E-state index contributed by atoms with van der Waals surface area (Å²) in [7, 11) is -2.02. The zero-order chi connectivity index (χ0) is 36.6. The highest BCUT2D eigenvalue weighted by Gasteiger charge is 2.73. The summed E-state index contributed by atoms with van der Waals surface area (Å²) in [6.45, 7) is 4.35. The first-order valence-electron chi connectivity index (χ1n) is 16.1. The molecule has 5 rings (SSSR count). The first kappa shape index (κ1) is 37.5. The van der Waals surface area contributed by atoms with Crippen LogP contribution in [0.15, 0.2) is 71.6 Å². The number of hydrogen-bond acceptors (Lipinski definition) is 4. The summed E-state index contributed by atoms with van der Waals surface area (Å²) in [5, 5.41) is 0. The summed E-state index contributed by atoms with van der Waals surface area (Å²) in [6.07, 6.45) is -11.0. The van der Waals surface area contributed by atoms with Crippen molar-refractivity contribution in [3.8, 4) is 0 Å². The predicted molar refractivity (Wildman–Crippen MR) is 172 cm³/mol. The van der Waals surface area contributed by atoms with Crippen molar-refractivity contribution in [2.24, 2.45) is 5.92 Å². The highest BCUT2D eigenvalue weighted by atomic mass is 32.2. The Morgan fingerprint density at radius 3 is 1.92 bits per heavy atom. The van der Waals surface area contributed by atoms with Gasteiger partial charge in [-0.25, -0.2) is 4.39 Å². The van der Waals surface area contributed by atoms with E-state index in [-0.39, 0.29) is 47.3 Å². The molecule has 3 aromatic carbocycles. The van der Waals surface area contributed by atoms with Crippen molar-refractivity contribution in [2.75, 3.05) is 26.2 Å². The molecule has 6 nitrogen and oxygen atoms in total. The van der Waals surface area contributed by atoms with Crippen LogP contribution < -0.4 is 0 Å². The molecule has 0 spiro atoms. The van der Waals surface area contributed by atoms with Crippen molar-refractivity contribution >= 4 is 22.6 Å².